The number of rotatable bonds is 3. The molecule has 4 saturated carbocycles. The lowest BCUT2D eigenvalue weighted by Crippen LogP contribution is -2.51. The van der Waals surface area contributed by atoms with E-state index in [0.29, 0.717) is 5.41 Å². The molecule has 4 aliphatic carbocycles. The molecular weight excluding hydrogens is 208 g/mol. The van der Waals surface area contributed by atoms with E-state index in [1.54, 1.807) is 0 Å². The molecule has 4 bridgehead atoms. The molecule has 17 heavy (non-hydrogen) atoms. The zero-order chi connectivity index (χ0) is 11.9. The summed E-state index contributed by atoms with van der Waals surface area (Å²) in [4.78, 5) is 0. The summed E-state index contributed by atoms with van der Waals surface area (Å²) in [5.41, 5.74) is 0.296. The van der Waals surface area contributed by atoms with Gasteiger partial charge < -0.3 is 5.11 Å². The third kappa shape index (κ3) is 2.02. The first-order valence-electron chi connectivity index (χ1n) is 7.29. The number of aliphatic hydroxyl groups is 1. The third-order valence-electron chi connectivity index (χ3n) is 5.51. The Balaban J connectivity index is 1.70. The lowest BCUT2D eigenvalue weighted by atomic mass is 9.48. The van der Waals surface area contributed by atoms with Crippen LogP contribution in [0, 0.1) is 35.0 Å². The fraction of sp³-hybridized carbons (Fsp3) is 0.875. The number of aliphatic hydroxyl groups excluding tert-OH is 1. The Hall–Kier alpha value is -0.480. The van der Waals surface area contributed by atoms with E-state index in [9.17, 15) is 5.11 Å². The van der Waals surface area contributed by atoms with Gasteiger partial charge >= 0.3 is 0 Å². The summed E-state index contributed by atoms with van der Waals surface area (Å²) in [6, 6.07) is 0. The summed E-state index contributed by atoms with van der Waals surface area (Å²) in [6.07, 6.45) is 9.98. The Morgan fingerprint density at radius 2 is 1.65 bits per heavy atom. The lowest BCUT2D eigenvalue weighted by Gasteiger charge is -2.58. The van der Waals surface area contributed by atoms with Crippen LogP contribution in [0.5, 0.6) is 0 Å². The minimum Gasteiger partial charge on any atom is -0.393 e. The van der Waals surface area contributed by atoms with Crippen molar-refractivity contribution in [2.75, 3.05) is 0 Å². The van der Waals surface area contributed by atoms with Crippen LogP contribution in [-0.2, 0) is 0 Å². The van der Waals surface area contributed by atoms with Crippen molar-refractivity contribution in [2.45, 2.75) is 64.4 Å². The van der Waals surface area contributed by atoms with Gasteiger partial charge in [0.1, 0.15) is 0 Å². The molecule has 94 valence electrons. The van der Waals surface area contributed by atoms with Crippen molar-refractivity contribution in [2.24, 2.45) is 23.2 Å². The average Bonchev–Trinajstić information content (AvgIpc) is 2.27. The predicted molar refractivity (Wildman–Crippen MR) is 69.3 cm³/mol. The maximum absolute atomic E-state index is 10.6. The van der Waals surface area contributed by atoms with Crippen molar-refractivity contribution < 1.29 is 5.11 Å². The summed E-state index contributed by atoms with van der Waals surface area (Å²) in [5, 5.41) is 10.6. The van der Waals surface area contributed by atoms with E-state index in [-0.39, 0.29) is 6.10 Å². The van der Waals surface area contributed by atoms with E-state index in [1.165, 1.54) is 38.5 Å². The molecule has 0 radical (unpaired) electrons. The molecule has 0 aromatic heterocycles. The molecule has 4 aliphatic rings. The minimum absolute atomic E-state index is 0.0863. The predicted octanol–water partition coefficient (Wildman–Crippen LogP) is 3.37. The number of hydrogen-bond donors (Lipinski definition) is 1. The molecule has 1 heteroatoms. The van der Waals surface area contributed by atoms with Crippen LogP contribution in [0.1, 0.15) is 58.3 Å². The normalized spacial score (nSPS) is 44.2. The first-order valence-corrected chi connectivity index (χ1v) is 7.29. The van der Waals surface area contributed by atoms with Gasteiger partial charge in [0.15, 0.2) is 0 Å². The molecule has 0 saturated heterocycles. The zero-order valence-electron chi connectivity index (χ0n) is 10.9. The van der Waals surface area contributed by atoms with Gasteiger partial charge in [-0.25, -0.2) is 0 Å². The van der Waals surface area contributed by atoms with Crippen LogP contribution in [0.25, 0.3) is 0 Å². The van der Waals surface area contributed by atoms with Crippen LogP contribution in [0.2, 0.25) is 0 Å². The Bertz CT molecular complexity index is 311. The van der Waals surface area contributed by atoms with Crippen molar-refractivity contribution in [3.63, 3.8) is 0 Å². The maximum atomic E-state index is 10.6. The highest BCUT2D eigenvalue weighted by atomic mass is 16.3. The molecule has 0 aromatic carbocycles. The monoisotopic (exact) mass is 232 g/mol. The zero-order valence-corrected chi connectivity index (χ0v) is 10.9. The molecule has 0 aromatic rings. The van der Waals surface area contributed by atoms with Crippen LogP contribution < -0.4 is 0 Å². The van der Waals surface area contributed by atoms with Crippen LogP contribution in [-0.4, -0.2) is 11.2 Å². The highest BCUT2D eigenvalue weighted by Gasteiger charge is 2.53. The van der Waals surface area contributed by atoms with Crippen molar-refractivity contribution >= 4 is 0 Å². The quantitative estimate of drug-likeness (QED) is 0.740. The van der Waals surface area contributed by atoms with Gasteiger partial charge in [-0.1, -0.05) is 0 Å². The SMILES string of the molecule is CC#CCCC(O)C12CC3CC(CC(C3)C1)C2. The van der Waals surface area contributed by atoms with Crippen molar-refractivity contribution in [3.8, 4) is 11.8 Å². The van der Waals surface area contributed by atoms with E-state index in [4.69, 9.17) is 0 Å². The maximum Gasteiger partial charge on any atom is 0.0605 e. The summed E-state index contributed by atoms with van der Waals surface area (Å²) < 4.78 is 0. The van der Waals surface area contributed by atoms with E-state index in [2.05, 4.69) is 11.8 Å². The smallest absolute Gasteiger partial charge is 0.0605 e. The molecule has 0 amide bonds. The molecule has 0 heterocycles. The summed E-state index contributed by atoms with van der Waals surface area (Å²) in [7, 11) is 0. The van der Waals surface area contributed by atoms with Gasteiger partial charge in [-0.3, -0.25) is 0 Å². The molecule has 1 nitrogen and oxygen atoms in total. The molecule has 0 aliphatic heterocycles. The van der Waals surface area contributed by atoms with Crippen LogP contribution in [0.15, 0.2) is 0 Å². The molecular formula is C16H24O. The van der Waals surface area contributed by atoms with Crippen molar-refractivity contribution in [3.05, 3.63) is 0 Å². The molecule has 4 rings (SSSR count). The van der Waals surface area contributed by atoms with Crippen molar-refractivity contribution in [1.82, 2.24) is 0 Å². The van der Waals surface area contributed by atoms with Crippen LogP contribution in [0.3, 0.4) is 0 Å². The average molecular weight is 232 g/mol. The molecule has 1 N–H and O–H groups in total. The highest BCUT2D eigenvalue weighted by molar-refractivity contribution is 5.05. The molecule has 4 fully saturated rings. The van der Waals surface area contributed by atoms with Gasteiger partial charge in [0, 0.05) is 6.42 Å². The highest BCUT2D eigenvalue weighted by Crippen LogP contribution is 2.61. The molecule has 1 atom stereocenters. The van der Waals surface area contributed by atoms with Gasteiger partial charge in [0.05, 0.1) is 6.10 Å². The summed E-state index contributed by atoms with van der Waals surface area (Å²) in [5.74, 6) is 8.85. The topological polar surface area (TPSA) is 20.2 Å². The fourth-order valence-electron chi connectivity index (χ4n) is 5.23. The van der Waals surface area contributed by atoms with E-state index in [0.717, 1.165) is 30.6 Å². The van der Waals surface area contributed by atoms with Crippen LogP contribution in [0.4, 0.5) is 0 Å². The van der Waals surface area contributed by atoms with E-state index < -0.39 is 0 Å². The standard InChI is InChI=1S/C16H24O/c1-2-3-4-5-15(17)16-9-12-6-13(10-16)8-14(7-12)11-16/h12-15,17H,4-11H2,1H3. The fourth-order valence-corrected chi connectivity index (χ4v) is 5.23. The Morgan fingerprint density at radius 1 is 1.12 bits per heavy atom. The van der Waals surface area contributed by atoms with Gasteiger partial charge in [-0.05, 0) is 75.0 Å². The Kier molecular flexibility index (Phi) is 2.95. The van der Waals surface area contributed by atoms with Gasteiger partial charge in [-0.15, -0.1) is 11.8 Å². The Labute approximate surface area is 105 Å². The third-order valence-corrected chi connectivity index (χ3v) is 5.51. The minimum atomic E-state index is -0.0863. The second-order valence-electron chi connectivity index (χ2n) is 6.76. The van der Waals surface area contributed by atoms with E-state index >= 15 is 0 Å². The van der Waals surface area contributed by atoms with Gasteiger partial charge in [0.25, 0.3) is 0 Å². The van der Waals surface area contributed by atoms with Crippen molar-refractivity contribution in [1.29, 1.82) is 0 Å². The first-order chi connectivity index (χ1) is 8.22. The Morgan fingerprint density at radius 3 is 2.12 bits per heavy atom. The largest absolute Gasteiger partial charge is 0.393 e. The van der Waals surface area contributed by atoms with Gasteiger partial charge in [0.2, 0.25) is 0 Å². The lowest BCUT2D eigenvalue weighted by molar-refractivity contribution is -0.121. The molecule has 0 spiro atoms. The summed E-state index contributed by atoms with van der Waals surface area (Å²) >= 11 is 0. The van der Waals surface area contributed by atoms with E-state index in [1.807, 2.05) is 6.92 Å². The summed E-state index contributed by atoms with van der Waals surface area (Å²) in [6.45, 7) is 1.89. The molecule has 1 unspecified atom stereocenters. The van der Waals surface area contributed by atoms with Crippen LogP contribution >= 0.6 is 0 Å². The second-order valence-corrected chi connectivity index (χ2v) is 6.76. The van der Waals surface area contributed by atoms with Gasteiger partial charge in [-0.2, -0.15) is 0 Å². The first kappa shape index (κ1) is 11.6. The number of hydrogen-bond acceptors (Lipinski definition) is 1. The second kappa shape index (κ2) is 4.32.